The first-order valence-corrected chi connectivity index (χ1v) is 8.47. The fourth-order valence-electron chi connectivity index (χ4n) is 2.83. The number of rotatable bonds is 2. The quantitative estimate of drug-likeness (QED) is 0.669. The number of anilines is 2. The first-order valence-electron chi connectivity index (χ1n) is 7.68. The number of alkyl halides is 3. The Labute approximate surface area is 153 Å². The molecule has 0 aromatic carbocycles. The first kappa shape index (κ1) is 16.9. The molecule has 4 heterocycles. The standard InChI is InChI=1S/C14H12BrF3N8/c15-10-9-11(24-23-10)20-7-21-12(9)25-3-5-26(6-4-25)13-19-2-1-8(22-13)14(16,17)18/h1-2,7H,3-6H2,(H,20,21,23,24). The van der Waals surface area contributed by atoms with Crippen LogP contribution in [0.4, 0.5) is 24.9 Å². The van der Waals surface area contributed by atoms with Gasteiger partial charge in [0.1, 0.15) is 22.4 Å². The van der Waals surface area contributed by atoms with E-state index >= 15 is 0 Å². The Hall–Kier alpha value is -2.50. The van der Waals surface area contributed by atoms with Crippen molar-refractivity contribution >= 4 is 38.7 Å². The summed E-state index contributed by atoms with van der Waals surface area (Å²) >= 11 is 3.37. The van der Waals surface area contributed by atoms with Gasteiger partial charge in [0.15, 0.2) is 5.65 Å². The number of fused-ring (bicyclic) bond motifs is 1. The third kappa shape index (κ3) is 3.04. The number of aromatic amines is 1. The Morgan fingerprint density at radius 3 is 2.50 bits per heavy atom. The molecule has 0 bridgehead atoms. The molecule has 1 aliphatic rings. The topological polar surface area (TPSA) is 86.7 Å². The zero-order valence-corrected chi connectivity index (χ0v) is 14.8. The van der Waals surface area contributed by atoms with Crippen LogP contribution in [0.2, 0.25) is 0 Å². The smallest absolute Gasteiger partial charge is 0.352 e. The van der Waals surface area contributed by atoms with Crippen molar-refractivity contribution in [2.24, 2.45) is 0 Å². The van der Waals surface area contributed by atoms with Crippen LogP contribution in [0.15, 0.2) is 23.2 Å². The highest BCUT2D eigenvalue weighted by atomic mass is 79.9. The Morgan fingerprint density at radius 2 is 1.77 bits per heavy atom. The molecule has 0 saturated carbocycles. The van der Waals surface area contributed by atoms with E-state index in [1.165, 1.54) is 6.33 Å². The number of nitrogens with one attached hydrogen (secondary N) is 1. The molecule has 4 rings (SSSR count). The summed E-state index contributed by atoms with van der Waals surface area (Å²) in [5, 5.41) is 7.66. The highest BCUT2D eigenvalue weighted by Gasteiger charge is 2.33. The molecule has 0 spiro atoms. The van der Waals surface area contributed by atoms with Gasteiger partial charge in [-0.3, -0.25) is 5.10 Å². The second kappa shape index (κ2) is 6.34. The number of halogens is 4. The van der Waals surface area contributed by atoms with E-state index in [9.17, 15) is 13.2 Å². The lowest BCUT2D eigenvalue weighted by atomic mass is 10.3. The zero-order valence-electron chi connectivity index (χ0n) is 13.2. The highest BCUT2D eigenvalue weighted by molar-refractivity contribution is 9.10. The molecule has 0 aliphatic carbocycles. The molecule has 1 N–H and O–H groups in total. The maximum absolute atomic E-state index is 12.8. The van der Waals surface area contributed by atoms with Crippen LogP contribution in [0.3, 0.4) is 0 Å². The molecule has 1 fully saturated rings. The second-order valence-corrected chi connectivity index (χ2v) is 6.40. The van der Waals surface area contributed by atoms with Gasteiger partial charge in [0, 0.05) is 32.4 Å². The van der Waals surface area contributed by atoms with Gasteiger partial charge in [-0.2, -0.15) is 18.3 Å². The molecule has 0 radical (unpaired) electrons. The summed E-state index contributed by atoms with van der Waals surface area (Å²) in [5.74, 6) is 0.803. The Bertz CT molecular complexity index is 935. The molecule has 3 aromatic heterocycles. The summed E-state index contributed by atoms with van der Waals surface area (Å²) in [6, 6.07) is 0.869. The molecule has 1 saturated heterocycles. The van der Waals surface area contributed by atoms with Crippen molar-refractivity contribution in [2.45, 2.75) is 6.18 Å². The third-order valence-electron chi connectivity index (χ3n) is 4.09. The normalized spacial score (nSPS) is 15.7. The van der Waals surface area contributed by atoms with E-state index in [4.69, 9.17) is 0 Å². The number of nitrogens with zero attached hydrogens (tertiary/aromatic N) is 7. The van der Waals surface area contributed by atoms with Crippen molar-refractivity contribution in [2.75, 3.05) is 36.0 Å². The minimum absolute atomic E-state index is 0.0804. The lowest BCUT2D eigenvalue weighted by Gasteiger charge is -2.35. The van der Waals surface area contributed by atoms with E-state index < -0.39 is 11.9 Å². The number of hydrogen-bond donors (Lipinski definition) is 1. The van der Waals surface area contributed by atoms with Crippen LogP contribution < -0.4 is 9.80 Å². The lowest BCUT2D eigenvalue weighted by molar-refractivity contribution is -0.141. The van der Waals surface area contributed by atoms with Gasteiger partial charge in [-0.05, 0) is 22.0 Å². The number of aromatic nitrogens is 6. The van der Waals surface area contributed by atoms with Crippen molar-refractivity contribution in [1.29, 1.82) is 0 Å². The maximum atomic E-state index is 12.8. The summed E-state index contributed by atoms with van der Waals surface area (Å²) in [6.07, 6.45) is -1.90. The lowest BCUT2D eigenvalue weighted by Crippen LogP contribution is -2.47. The Morgan fingerprint density at radius 1 is 1.04 bits per heavy atom. The van der Waals surface area contributed by atoms with Crippen LogP contribution in [-0.2, 0) is 6.18 Å². The summed E-state index contributed by atoms with van der Waals surface area (Å²) in [6.45, 7) is 2.07. The minimum Gasteiger partial charge on any atom is -0.352 e. The van der Waals surface area contributed by atoms with Gasteiger partial charge in [0.05, 0.1) is 5.39 Å². The molecule has 0 atom stereocenters. The second-order valence-electron chi connectivity index (χ2n) is 5.65. The van der Waals surface area contributed by atoms with Crippen molar-refractivity contribution < 1.29 is 13.2 Å². The molecule has 26 heavy (non-hydrogen) atoms. The molecule has 0 unspecified atom stereocenters. The largest absolute Gasteiger partial charge is 0.433 e. The molecule has 8 nitrogen and oxygen atoms in total. The Kier molecular flexibility index (Phi) is 4.13. The molecule has 136 valence electrons. The summed E-state index contributed by atoms with van der Waals surface area (Å²) < 4.78 is 39.1. The highest BCUT2D eigenvalue weighted by Crippen LogP contribution is 2.30. The number of piperazine rings is 1. The molecule has 0 amide bonds. The summed E-state index contributed by atoms with van der Waals surface area (Å²) in [5.41, 5.74) is -0.324. The van der Waals surface area contributed by atoms with Crippen LogP contribution in [0.5, 0.6) is 0 Å². The third-order valence-corrected chi connectivity index (χ3v) is 4.66. The van der Waals surface area contributed by atoms with Crippen molar-refractivity contribution in [1.82, 2.24) is 30.1 Å². The molecular formula is C14H12BrF3N8. The molecule has 3 aromatic rings. The van der Waals surface area contributed by atoms with Crippen LogP contribution in [-0.4, -0.2) is 56.3 Å². The van der Waals surface area contributed by atoms with Crippen molar-refractivity contribution in [3.63, 3.8) is 0 Å². The van der Waals surface area contributed by atoms with Gasteiger partial charge in [-0.15, -0.1) is 0 Å². The van der Waals surface area contributed by atoms with E-state index in [0.29, 0.717) is 36.4 Å². The van der Waals surface area contributed by atoms with Gasteiger partial charge < -0.3 is 9.80 Å². The number of H-pyrrole nitrogens is 1. The summed E-state index contributed by atoms with van der Waals surface area (Å²) in [7, 11) is 0. The predicted molar refractivity (Wildman–Crippen MR) is 90.8 cm³/mol. The first-order chi connectivity index (χ1) is 12.4. The van der Waals surface area contributed by atoms with E-state index in [2.05, 4.69) is 46.1 Å². The average Bonchev–Trinajstić information content (AvgIpc) is 3.03. The van der Waals surface area contributed by atoms with Crippen molar-refractivity contribution in [3.8, 4) is 0 Å². The molecular weight excluding hydrogens is 417 g/mol. The summed E-state index contributed by atoms with van der Waals surface area (Å²) in [4.78, 5) is 19.9. The van der Waals surface area contributed by atoms with E-state index in [0.717, 1.165) is 23.5 Å². The fourth-order valence-corrected chi connectivity index (χ4v) is 3.28. The van der Waals surface area contributed by atoms with Gasteiger partial charge in [0.25, 0.3) is 0 Å². The molecule has 1 aliphatic heterocycles. The van der Waals surface area contributed by atoms with Gasteiger partial charge in [-0.1, -0.05) is 0 Å². The number of hydrogen-bond acceptors (Lipinski definition) is 7. The van der Waals surface area contributed by atoms with E-state index in [1.807, 2.05) is 4.90 Å². The monoisotopic (exact) mass is 428 g/mol. The fraction of sp³-hybridized carbons (Fsp3) is 0.357. The minimum atomic E-state index is -4.49. The van der Waals surface area contributed by atoms with E-state index in [-0.39, 0.29) is 5.95 Å². The van der Waals surface area contributed by atoms with E-state index in [1.54, 1.807) is 4.90 Å². The van der Waals surface area contributed by atoms with Crippen LogP contribution in [0.25, 0.3) is 11.0 Å². The molecule has 12 heteroatoms. The predicted octanol–water partition coefficient (Wildman–Crippen LogP) is 2.25. The maximum Gasteiger partial charge on any atom is 0.433 e. The average molecular weight is 429 g/mol. The van der Waals surface area contributed by atoms with Gasteiger partial charge in [-0.25, -0.2) is 19.9 Å². The van der Waals surface area contributed by atoms with Gasteiger partial charge >= 0.3 is 6.18 Å². The van der Waals surface area contributed by atoms with Crippen molar-refractivity contribution in [3.05, 3.63) is 28.9 Å². The van der Waals surface area contributed by atoms with Crippen LogP contribution >= 0.6 is 15.9 Å². The van der Waals surface area contributed by atoms with Gasteiger partial charge in [0.2, 0.25) is 5.95 Å². The van der Waals surface area contributed by atoms with Crippen LogP contribution in [0, 0.1) is 0 Å². The SMILES string of the molecule is FC(F)(F)c1ccnc(N2CCN(c3ncnc4[nH]nc(Br)c34)CC2)n1. The Balaban J connectivity index is 1.53. The van der Waals surface area contributed by atoms with Crippen LogP contribution in [0.1, 0.15) is 5.69 Å². The zero-order chi connectivity index (χ0) is 18.3.